The molecule has 0 N–H and O–H groups in total. The van der Waals surface area contributed by atoms with Crippen LogP contribution >= 0.6 is 0 Å². The van der Waals surface area contributed by atoms with Gasteiger partial charge in [-0.15, -0.1) is 0 Å². The van der Waals surface area contributed by atoms with Gasteiger partial charge in [0.25, 0.3) is 0 Å². The molecule has 152 valence electrons. The molecule has 6 rings (SSSR count). The highest BCUT2D eigenvalue weighted by Gasteiger charge is 2.16. The van der Waals surface area contributed by atoms with Crippen LogP contribution in [0.5, 0.6) is 0 Å². The molecule has 0 spiro atoms. The number of benzene rings is 5. The van der Waals surface area contributed by atoms with E-state index in [2.05, 4.69) is 131 Å². The van der Waals surface area contributed by atoms with Crippen molar-refractivity contribution in [3.05, 3.63) is 122 Å². The summed E-state index contributed by atoms with van der Waals surface area (Å²) in [5.41, 5.74) is 6.24. The third-order valence-electron chi connectivity index (χ3n) is 6.22. The number of fused-ring (bicyclic) bond motifs is 2. The smallest absolute Gasteiger partial charge is 0.239 e. The summed E-state index contributed by atoms with van der Waals surface area (Å²) in [7, 11) is 2.04. The van der Waals surface area contributed by atoms with Crippen LogP contribution in [-0.2, 0) is 7.05 Å². The molecule has 1 aromatic heterocycles. The van der Waals surface area contributed by atoms with Crippen molar-refractivity contribution in [2.24, 2.45) is 7.05 Å². The lowest BCUT2D eigenvalue weighted by Gasteiger charge is -2.17. The lowest BCUT2D eigenvalue weighted by Crippen LogP contribution is -2.23. The van der Waals surface area contributed by atoms with E-state index in [-0.39, 0.29) is 0 Å². The van der Waals surface area contributed by atoms with Crippen LogP contribution in [0.2, 0.25) is 0 Å². The molecule has 0 radical (unpaired) electrons. The van der Waals surface area contributed by atoms with Gasteiger partial charge in [0.15, 0.2) is 0 Å². The van der Waals surface area contributed by atoms with E-state index >= 15 is 0 Å². The first-order valence-electron chi connectivity index (χ1n) is 10.9. The quantitative estimate of drug-likeness (QED) is 0.220. The Hall–Kier alpha value is -4.17. The summed E-state index contributed by atoms with van der Waals surface area (Å²) in [5, 5.41) is 5.14. The molecule has 0 fully saturated rings. The van der Waals surface area contributed by atoms with Gasteiger partial charge in [-0.2, -0.15) is 0 Å². The molecular weight excluding hydrogens is 388 g/mol. The van der Waals surface area contributed by atoms with Crippen molar-refractivity contribution >= 4 is 21.5 Å². The van der Waals surface area contributed by atoms with Crippen LogP contribution in [0.25, 0.3) is 49.5 Å². The molecule has 32 heavy (non-hydrogen) atoms. The number of hydrogen-bond acceptors (Lipinski definition) is 0. The number of aryl methyl sites for hydroxylation is 1. The number of rotatable bonds is 3. The fourth-order valence-electron chi connectivity index (χ4n) is 4.76. The molecule has 0 atom stereocenters. The van der Waals surface area contributed by atoms with Crippen LogP contribution in [0, 0.1) is 0 Å². The van der Waals surface area contributed by atoms with E-state index in [0.29, 0.717) is 0 Å². The topological polar surface area (TPSA) is 8.81 Å². The Labute approximate surface area is 187 Å². The molecule has 2 nitrogen and oxygen atoms in total. The minimum absolute atomic E-state index is 1.16. The molecule has 0 aliphatic heterocycles. The van der Waals surface area contributed by atoms with Crippen LogP contribution in [0.3, 0.4) is 0 Å². The highest BCUT2D eigenvalue weighted by Crippen LogP contribution is 2.43. The van der Waals surface area contributed by atoms with Gasteiger partial charge in [-0.1, -0.05) is 91.0 Å². The Balaban J connectivity index is 1.64. The second-order valence-corrected chi connectivity index (χ2v) is 8.24. The molecule has 0 saturated carbocycles. The fourth-order valence-corrected chi connectivity index (χ4v) is 4.76. The van der Waals surface area contributed by atoms with Crippen LogP contribution in [0.1, 0.15) is 0 Å². The molecule has 5 aromatic carbocycles. The summed E-state index contributed by atoms with van der Waals surface area (Å²) in [5.74, 6) is 0. The number of imidazole rings is 1. The van der Waals surface area contributed by atoms with Crippen molar-refractivity contribution in [1.29, 1.82) is 0 Å². The zero-order valence-corrected chi connectivity index (χ0v) is 17.9. The molecular formula is C30H23N2+. The van der Waals surface area contributed by atoms with E-state index in [1.54, 1.807) is 0 Å². The van der Waals surface area contributed by atoms with Gasteiger partial charge < -0.3 is 0 Å². The Morgan fingerprint density at radius 2 is 1.00 bits per heavy atom. The zero-order valence-electron chi connectivity index (χ0n) is 17.9. The van der Waals surface area contributed by atoms with Gasteiger partial charge in [-0.3, -0.25) is 0 Å². The Morgan fingerprint density at radius 3 is 1.47 bits per heavy atom. The Kier molecular flexibility index (Phi) is 4.36. The second-order valence-electron chi connectivity index (χ2n) is 8.24. The van der Waals surface area contributed by atoms with Crippen molar-refractivity contribution in [3.63, 3.8) is 0 Å². The van der Waals surface area contributed by atoms with Crippen molar-refractivity contribution < 1.29 is 4.57 Å². The first-order valence-corrected chi connectivity index (χ1v) is 10.9. The summed E-state index contributed by atoms with van der Waals surface area (Å²) >= 11 is 0. The average molecular weight is 412 g/mol. The predicted octanol–water partition coefficient (Wildman–Crippen LogP) is 6.94. The number of aromatic nitrogens is 2. The van der Waals surface area contributed by atoms with Gasteiger partial charge in [0.1, 0.15) is 18.1 Å². The maximum Gasteiger partial charge on any atom is 0.248 e. The molecule has 0 bridgehead atoms. The highest BCUT2D eigenvalue weighted by atomic mass is 15.1. The number of nitrogens with zero attached hydrogens (tertiary/aromatic N) is 2. The normalized spacial score (nSPS) is 11.3. The predicted molar refractivity (Wildman–Crippen MR) is 133 cm³/mol. The third kappa shape index (κ3) is 3.00. The van der Waals surface area contributed by atoms with E-state index in [1.807, 2.05) is 7.05 Å². The molecule has 6 aromatic rings. The maximum absolute atomic E-state index is 2.25. The van der Waals surface area contributed by atoms with Gasteiger partial charge >= 0.3 is 0 Å². The molecule has 0 aliphatic carbocycles. The third-order valence-corrected chi connectivity index (χ3v) is 6.22. The van der Waals surface area contributed by atoms with E-state index in [0.717, 1.165) is 5.69 Å². The number of hydrogen-bond donors (Lipinski definition) is 0. The van der Waals surface area contributed by atoms with Gasteiger partial charge in [0.2, 0.25) is 6.33 Å². The summed E-state index contributed by atoms with van der Waals surface area (Å²) in [4.78, 5) is 0. The minimum atomic E-state index is 1.16. The molecule has 0 aliphatic rings. The molecule has 0 saturated heterocycles. The second kappa shape index (κ2) is 7.51. The highest BCUT2D eigenvalue weighted by molar-refractivity contribution is 6.21. The first kappa shape index (κ1) is 18.6. The zero-order chi connectivity index (χ0) is 21.5. The van der Waals surface area contributed by atoms with Crippen LogP contribution in [0.15, 0.2) is 122 Å². The molecule has 1 heterocycles. The van der Waals surface area contributed by atoms with Gasteiger partial charge in [-0.25, -0.2) is 9.13 Å². The van der Waals surface area contributed by atoms with E-state index in [9.17, 15) is 0 Å². The summed E-state index contributed by atoms with van der Waals surface area (Å²) in [6.45, 7) is 0. The average Bonchev–Trinajstić information content (AvgIpc) is 3.29. The summed E-state index contributed by atoms with van der Waals surface area (Å²) in [6, 6.07) is 37.2. The van der Waals surface area contributed by atoms with Gasteiger partial charge in [0, 0.05) is 0 Å². The summed E-state index contributed by atoms with van der Waals surface area (Å²) < 4.78 is 4.19. The van der Waals surface area contributed by atoms with E-state index in [4.69, 9.17) is 0 Å². The molecule has 2 heteroatoms. The van der Waals surface area contributed by atoms with Crippen LogP contribution < -0.4 is 4.57 Å². The molecule has 0 unspecified atom stereocenters. The summed E-state index contributed by atoms with van der Waals surface area (Å²) in [6.07, 6.45) is 6.21. The largest absolute Gasteiger partial charge is 0.248 e. The van der Waals surface area contributed by atoms with Crippen LogP contribution in [-0.4, -0.2) is 4.57 Å². The maximum atomic E-state index is 2.25. The van der Waals surface area contributed by atoms with Crippen molar-refractivity contribution in [2.45, 2.75) is 0 Å². The SMILES string of the molecule is C[n+]1ccn(-c2ccc(-c3c4ccccc4c(-c4ccccc4)c4ccccc34)cc2)c1. The van der Waals surface area contributed by atoms with Crippen molar-refractivity contribution in [3.8, 4) is 27.9 Å². The lowest BCUT2D eigenvalue weighted by molar-refractivity contribution is -0.670. The fraction of sp³-hybridized carbons (Fsp3) is 0.0333. The van der Waals surface area contributed by atoms with E-state index < -0.39 is 0 Å². The van der Waals surface area contributed by atoms with E-state index in [1.165, 1.54) is 43.8 Å². The van der Waals surface area contributed by atoms with Gasteiger partial charge in [0.05, 0.1) is 7.05 Å². The monoisotopic (exact) mass is 411 g/mol. The van der Waals surface area contributed by atoms with Crippen molar-refractivity contribution in [1.82, 2.24) is 4.57 Å². The Morgan fingerprint density at radius 1 is 0.531 bits per heavy atom. The lowest BCUT2D eigenvalue weighted by atomic mass is 9.86. The first-order chi connectivity index (χ1) is 15.8. The van der Waals surface area contributed by atoms with Crippen LogP contribution in [0.4, 0.5) is 0 Å². The molecule has 0 amide bonds. The van der Waals surface area contributed by atoms with Crippen molar-refractivity contribution in [2.75, 3.05) is 0 Å². The minimum Gasteiger partial charge on any atom is -0.239 e. The standard InChI is InChI=1S/C30H23N2/c1-31-19-20-32(21-31)24-17-15-23(16-18-24)30-27-13-7-5-11-25(27)29(22-9-3-2-4-10-22)26-12-6-8-14-28(26)30/h2-21H,1H3/q+1. The van der Waals surface area contributed by atoms with Gasteiger partial charge in [-0.05, 0) is 55.9 Å². The Bertz CT molecular complexity index is 1500.